The zero-order valence-electron chi connectivity index (χ0n) is 13.9. The molecule has 7 heteroatoms. The Balaban J connectivity index is 1.63. The maximum absolute atomic E-state index is 11.9. The first-order chi connectivity index (χ1) is 11.6. The van der Waals surface area contributed by atoms with E-state index in [1.807, 2.05) is 49.1 Å². The average Bonchev–Trinajstić information content (AvgIpc) is 3.05. The summed E-state index contributed by atoms with van der Waals surface area (Å²) in [5, 5.41) is 6.94. The predicted octanol–water partition coefficient (Wildman–Crippen LogP) is 1.63. The molecule has 24 heavy (non-hydrogen) atoms. The first-order valence-corrected chi connectivity index (χ1v) is 8.14. The number of ether oxygens (including phenoxy) is 1. The summed E-state index contributed by atoms with van der Waals surface area (Å²) in [6.07, 6.45) is -0.285. The van der Waals surface area contributed by atoms with E-state index in [4.69, 9.17) is 9.26 Å². The second-order valence-corrected chi connectivity index (χ2v) is 6.14. The highest BCUT2D eigenvalue weighted by Gasteiger charge is 2.27. The summed E-state index contributed by atoms with van der Waals surface area (Å²) < 4.78 is 11.1. The van der Waals surface area contributed by atoms with Gasteiger partial charge in [-0.25, -0.2) is 0 Å². The van der Waals surface area contributed by atoms with Gasteiger partial charge < -0.3 is 14.6 Å². The van der Waals surface area contributed by atoms with Gasteiger partial charge in [0, 0.05) is 24.7 Å². The molecule has 1 fully saturated rings. The van der Waals surface area contributed by atoms with Crippen LogP contribution in [0.3, 0.4) is 0 Å². The van der Waals surface area contributed by atoms with E-state index < -0.39 is 0 Å². The lowest BCUT2D eigenvalue weighted by Gasteiger charge is -2.30. The van der Waals surface area contributed by atoms with Crippen molar-refractivity contribution >= 4 is 5.91 Å². The van der Waals surface area contributed by atoms with Gasteiger partial charge in [0.25, 0.3) is 5.89 Å². The number of benzene rings is 1. The van der Waals surface area contributed by atoms with Crippen molar-refractivity contribution in [1.29, 1.82) is 0 Å². The maximum atomic E-state index is 11.9. The summed E-state index contributed by atoms with van der Waals surface area (Å²) >= 11 is 0. The van der Waals surface area contributed by atoms with Gasteiger partial charge in [0.05, 0.1) is 13.2 Å². The largest absolute Gasteiger partial charge is 0.367 e. The van der Waals surface area contributed by atoms with Gasteiger partial charge in [-0.05, 0) is 26.0 Å². The Bertz CT molecular complexity index is 671. The molecule has 1 atom stereocenters. The second-order valence-electron chi connectivity index (χ2n) is 6.14. The third-order valence-corrected chi connectivity index (χ3v) is 3.72. The molecular formula is C17H22N4O3. The Kier molecular flexibility index (Phi) is 5.22. The Hall–Kier alpha value is -2.25. The van der Waals surface area contributed by atoms with Gasteiger partial charge in [-0.1, -0.05) is 23.4 Å². The fourth-order valence-corrected chi connectivity index (χ4v) is 2.64. The predicted molar refractivity (Wildman–Crippen MR) is 88.1 cm³/mol. The summed E-state index contributed by atoms with van der Waals surface area (Å²) in [4.78, 5) is 18.4. The standard InChI is InChI=1S/C17H22N4O3/c1-12(2)18-15(22)11-21-8-9-23-14(10-21)16-19-17(24-20-16)13-6-4-3-5-7-13/h3-7,12,14H,8-11H2,1-2H3,(H,18,22)/t14-/m0/s1. The van der Waals surface area contributed by atoms with E-state index in [9.17, 15) is 4.79 Å². The fraction of sp³-hybridized carbons (Fsp3) is 0.471. The van der Waals surface area contributed by atoms with Crippen molar-refractivity contribution < 1.29 is 14.1 Å². The fourth-order valence-electron chi connectivity index (χ4n) is 2.64. The third-order valence-electron chi connectivity index (χ3n) is 3.72. The van der Waals surface area contributed by atoms with Crippen molar-refractivity contribution in [3.63, 3.8) is 0 Å². The number of amides is 1. The van der Waals surface area contributed by atoms with Crippen LogP contribution in [0.15, 0.2) is 34.9 Å². The maximum Gasteiger partial charge on any atom is 0.258 e. The molecule has 0 bridgehead atoms. The topological polar surface area (TPSA) is 80.5 Å². The van der Waals surface area contributed by atoms with E-state index in [-0.39, 0.29) is 18.1 Å². The molecule has 3 rings (SSSR count). The van der Waals surface area contributed by atoms with Crippen LogP contribution in [0, 0.1) is 0 Å². The molecule has 1 aromatic carbocycles. The molecule has 2 heterocycles. The molecule has 1 amide bonds. The van der Waals surface area contributed by atoms with Gasteiger partial charge >= 0.3 is 0 Å². The highest BCUT2D eigenvalue weighted by molar-refractivity contribution is 5.78. The number of morpholine rings is 1. The van der Waals surface area contributed by atoms with Crippen LogP contribution in [0.2, 0.25) is 0 Å². The molecule has 1 aromatic heterocycles. The molecule has 0 spiro atoms. The quantitative estimate of drug-likeness (QED) is 0.897. The molecule has 0 aliphatic carbocycles. The lowest BCUT2D eigenvalue weighted by atomic mass is 10.2. The number of hydrogen-bond donors (Lipinski definition) is 1. The highest BCUT2D eigenvalue weighted by atomic mass is 16.5. The molecule has 0 saturated carbocycles. The van der Waals surface area contributed by atoms with Crippen LogP contribution in [0.25, 0.3) is 11.5 Å². The summed E-state index contributed by atoms with van der Waals surface area (Å²) in [6.45, 7) is 6.07. The Morgan fingerprint density at radius 2 is 2.17 bits per heavy atom. The van der Waals surface area contributed by atoms with Crippen LogP contribution < -0.4 is 5.32 Å². The number of rotatable bonds is 5. The van der Waals surface area contributed by atoms with Crippen molar-refractivity contribution in [3.8, 4) is 11.5 Å². The highest BCUT2D eigenvalue weighted by Crippen LogP contribution is 2.23. The number of aromatic nitrogens is 2. The lowest BCUT2D eigenvalue weighted by molar-refractivity contribution is -0.125. The molecule has 0 radical (unpaired) electrons. The lowest BCUT2D eigenvalue weighted by Crippen LogP contribution is -2.45. The number of hydrogen-bond acceptors (Lipinski definition) is 6. The SMILES string of the molecule is CC(C)NC(=O)CN1CCO[C@H](c2noc(-c3ccccc3)n2)C1. The zero-order chi connectivity index (χ0) is 16.9. The molecule has 1 saturated heterocycles. The number of carbonyl (C=O) groups excluding carboxylic acids is 1. The minimum Gasteiger partial charge on any atom is -0.367 e. The van der Waals surface area contributed by atoms with E-state index in [0.29, 0.717) is 38.0 Å². The van der Waals surface area contributed by atoms with Gasteiger partial charge in [0.2, 0.25) is 11.7 Å². The van der Waals surface area contributed by atoms with Gasteiger partial charge in [0.15, 0.2) is 0 Å². The molecule has 1 aliphatic heterocycles. The summed E-state index contributed by atoms with van der Waals surface area (Å²) in [6, 6.07) is 9.75. The van der Waals surface area contributed by atoms with Gasteiger partial charge in [0.1, 0.15) is 6.10 Å². The Labute approximate surface area is 141 Å². The number of nitrogens with one attached hydrogen (secondary N) is 1. The first-order valence-electron chi connectivity index (χ1n) is 8.14. The Morgan fingerprint density at radius 1 is 1.38 bits per heavy atom. The van der Waals surface area contributed by atoms with Crippen LogP contribution in [0.4, 0.5) is 0 Å². The normalized spacial score (nSPS) is 18.7. The van der Waals surface area contributed by atoms with Crippen molar-refractivity contribution in [3.05, 3.63) is 36.2 Å². The van der Waals surface area contributed by atoms with Crippen molar-refractivity contribution in [2.75, 3.05) is 26.2 Å². The molecule has 1 N–H and O–H groups in total. The number of carbonyl (C=O) groups is 1. The molecule has 7 nitrogen and oxygen atoms in total. The van der Waals surface area contributed by atoms with Crippen LogP contribution in [-0.4, -0.2) is 53.2 Å². The summed E-state index contributed by atoms with van der Waals surface area (Å²) in [5.41, 5.74) is 0.875. The molecule has 2 aromatic rings. The molecule has 0 unspecified atom stereocenters. The smallest absolute Gasteiger partial charge is 0.258 e. The minimum absolute atomic E-state index is 0.0173. The molecule has 128 valence electrons. The van der Waals surface area contributed by atoms with Crippen LogP contribution >= 0.6 is 0 Å². The summed E-state index contributed by atoms with van der Waals surface area (Å²) in [7, 11) is 0. The third kappa shape index (κ3) is 4.18. The van der Waals surface area contributed by atoms with Crippen molar-refractivity contribution in [2.45, 2.75) is 26.0 Å². The van der Waals surface area contributed by atoms with Gasteiger partial charge in [-0.15, -0.1) is 0 Å². The van der Waals surface area contributed by atoms with E-state index in [0.717, 1.165) is 5.56 Å². The molecular weight excluding hydrogens is 308 g/mol. The van der Waals surface area contributed by atoms with Crippen molar-refractivity contribution in [2.24, 2.45) is 0 Å². The van der Waals surface area contributed by atoms with Crippen LogP contribution in [0.1, 0.15) is 25.8 Å². The van der Waals surface area contributed by atoms with E-state index >= 15 is 0 Å². The second kappa shape index (κ2) is 7.55. The first kappa shape index (κ1) is 16.6. The monoisotopic (exact) mass is 330 g/mol. The van der Waals surface area contributed by atoms with E-state index in [1.54, 1.807) is 0 Å². The van der Waals surface area contributed by atoms with E-state index in [2.05, 4.69) is 15.5 Å². The van der Waals surface area contributed by atoms with E-state index in [1.165, 1.54) is 0 Å². The Morgan fingerprint density at radius 3 is 2.92 bits per heavy atom. The summed E-state index contributed by atoms with van der Waals surface area (Å²) in [5.74, 6) is 1.01. The number of nitrogens with zero attached hydrogens (tertiary/aromatic N) is 3. The zero-order valence-corrected chi connectivity index (χ0v) is 13.9. The molecule has 1 aliphatic rings. The van der Waals surface area contributed by atoms with Gasteiger partial charge in [-0.3, -0.25) is 9.69 Å². The van der Waals surface area contributed by atoms with Gasteiger partial charge in [-0.2, -0.15) is 4.98 Å². The van der Waals surface area contributed by atoms with Crippen LogP contribution in [0.5, 0.6) is 0 Å². The van der Waals surface area contributed by atoms with Crippen LogP contribution in [-0.2, 0) is 9.53 Å². The van der Waals surface area contributed by atoms with Crippen molar-refractivity contribution in [1.82, 2.24) is 20.4 Å². The average molecular weight is 330 g/mol. The minimum atomic E-state index is -0.285.